The van der Waals surface area contributed by atoms with Crippen molar-refractivity contribution in [3.8, 4) is 11.4 Å². The number of nitrogens with zero attached hydrogens (tertiary/aromatic N) is 3. The van der Waals surface area contributed by atoms with Gasteiger partial charge in [0.1, 0.15) is 5.82 Å². The molecule has 3 rings (SSSR count). The molecule has 0 spiro atoms. The van der Waals surface area contributed by atoms with Gasteiger partial charge in [0.25, 0.3) is 0 Å². The Morgan fingerprint density at radius 3 is 2.81 bits per heavy atom. The number of fused-ring (bicyclic) bond motifs is 1. The average molecular weight is 214 g/mol. The first-order chi connectivity index (χ1) is 7.83. The molecule has 0 unspecified atom stereocenters. The molecule has 1 aromatic heterocycles. The lowest BCUT2D eigenvalue weighted by Crippen LogP contribution is -2.28. The zero-order valence-electron chi connectivity index (χ0n) is 9.27. The van der Waals surface area contributed by atoms with E-state index < -0.39 is 0 Å². The number of nitrogens with one attached hydrogen (secondary N) is 1. The minimum Gasteiger partial charge on any atom is -0.308 e. The van der Waals surface area contributed by atoms with Crippen LogP contribution < -0.4 is 5.32 Å². The Morgan fingerprint density at radius 1 is 1.25 bits per heavy atom. The summed E-state index contributed by atoms with van der Waals surface area (Å²) < 4.78 is 1.99. The molecule has 4 nitrogen and oxygen atoms in total. The molecule has 1 aliphatic heterocycles. The van der Waals surface area contributed by atoms with Crippen molar-refractivity contribution < 1.29 is 0 Å². The van der Waals surface area contributed by atoms with Crippen LogP contribution in [-0.2, 0) is 13.1 Å². The zero-order valence-corrected chi connectivity index (χ0v) is 9.27. The van der Waals surface area contributed by atoms with Crippen molar-refractivity contribution in [2.24, 2.45) is 0 Å². The molecule has 0 fully saturated rings. The van der Waals surface area contributed by atoms with Crippen molar-refractivity contribution in [2.75, 3.05) is 6.54 Å². The van der Waals surface area contributed by atoms with E-state index >= 15 is 0 Å². The predicted molar refractivity (Wildman–Crippen MR) is 61.9 cm³/mol. The van der Waals surface area contributed by atoms with Crippen LogP contribution in [0, 0.1) is 6.92 Å². The summed E-state index contributed by atoms with van der Waals surface area (Å²) in [5.41, 5.74) is 2.35. The van der Waals surface area contributed by atoms with Gasteiger partial charge < -0.3 is 5.32 Å². The predicted octanol–water partition coefficient (Wildman–Crippen LogP) is 1.36. The molecule has 2 aromatic rings. The average Bonchev–Trinajstić information content (AvgIpc) is 2.73. The van der Waals surface area contributed by atoms with Crippen LogP contribution in [0.3, 0.4) is 0 Å². The van der Waals surface area contributed by atoms with Gasteiger partial charge in [-0.2, -0.15) is 5.10 Å². The van der Waals surface area contributed by atoms with Crippen LogP contribution in [0.4, 0.5) is 0 Å². The highest BCUT2D eigenvalue weighted by Crippen LogP contribution is 2.17. The first-order valence-corrected chi connectivity index (χ1v) is 5.54. The van der Waals surface area contributed by atoms with Gasteiger partial charge in [-0.05, 0) is 6.92 Å². The molecule has 16 heavy (non-hydrogen) atoms. The fraction of sp³-hybridized carbons (Fsp3) is 0.333. The molecule has 0 saturated carbocycles. The Kier molecular flexibility index (Phi) is 2.22. The fourth-order valence-corrected chi connectivity index (χ4v) is 1.89. The van der Waals surface area contributed by atoms with E-state index in [1.54, 1.807) is 0 Å². The van der Waals surface area contributed by atoms with Crippen molar-refractivity contribution >= 4 is 0 Å². The van der Waals surface area contributed by atoms with Crippen LogP contribution in [0.25, 0.3) is 11.4 Å². The van der Waals surface area contributed by atoms with Crippen LogP contribution in [-0.4, -0.2) is 21.3 Å². The number of aryl methyl sites for hydroxylation is 1. The molecule has 0 radical (unpaired) electrons. The maximum atomic E-state index is 4.54. The second-order valence-corrected chi connectivity index (χ2v) is 4.12. The highest BCUT2D eigenvalue weighted by molar-refractivity contribution is 5.54. The quantitative estimate of drug-likeness (QED) is 0.779. The molecule has 4 heteroatoms. The van der Waals surface area contributed by atoms with Crippen LogP contribution in [0.15, 0.2) is 24.3 Å². The van der Waals surface area contributed by atoms with E-state index in [1.807, 2.05) is 4.68 Å². The molecule has 1 aliphatic rings. The lowest BCUT2D eigenvalue weighted by molar-refractivity contribution is 0.469. The molecule has 0 atom stereocenters. The van der Waals surface area contributed by atoms with Gasteiger partial charge in [-0.3, -0.25) is 0 Å². The minimum absolute atomic E-state index is 0.818. The van der Waals surface area contributed by atoms with Gasteiger partial charge in [-0.25, -0.2) is 9.67 Å². The van der Waals surface area contributed by atoms with Gasteiger partial charge in [0.2, 0.25) is 0 Å². The first kappa shape index (κ1) is 9.54. The summed E-state index contributed by atoms with van der Waals surface area (Å²) in [5, 5.41) is 7.81. The lowest BCUT2D eigenvalue weighted by atomic mass is 10.1. The third-order valence-corrected chi connectivity index (χ3v) is 2.84. The monoisotopic (exact) mass is 214 g/mol. The molecule has 82 valence electrons. The largest absolute Gasteiger partial charge is 0.308 e. The molecule has 2 heterocycles. The summed E-state index contributed by atoms with van der Waals surface area (Å²) in [5.74, 6) is 1.86. The molecular formula is C12H14N4. The number of hydrogen-bond acceptors (Lipinski definition) is 3. The summed E-state index contributed by atoms with van der Waals surface area (Å²) in [4.78, 5) is 4.54. The van der Waals surface area contributed by atoms with E-state index in [0.717, 1.165) is 36.8 Å². The lowest BCUT2D eigenvalue weighted by Gasteiger charge is -2.11. The van der Waals surface area contributed by atoms with Crippen molar-refractivity contribution in [3.05, 3.63) is 35.7 Å². The van der Waals surface area contributed by atoms with Crippen molar-refractivity contribution in [2.45, 2.75) is 20.0 Å². The zero-order chi connectivity index (χ0) is 11.0. The summed E-state index contributed by atoms with van der Waals surface area (Å²) in [7, 11) is 0. The minimum atomic E-state index is 0.818. The Bertz CT molecular complexity index is 475. The Hall–Kier alpha value is -1.68. The van der Waals surface area contributed by atoms with Gasteiger partial charge in [-0.1, -0.05) is 29.8 Å². The summed E-state index contributed by atoms with van der Waals surface area (Å²) in [6.07, 6.45) is 0. The normalized spacial score (nSPS) is 14.8. The Morgan fingerprint density at radius 2 is 2.06 bits per heavy atom. The van der Waals surface area contributed by atoms with Crippen molar-refractivity contribution in [3.63, 3.8) is 0 Å². The smallest absolute Gasteiger partial charge is 0.181 e. The van der Waals surface area contributed by atoms with Gasteiger partial charge in [0.05, 0.1) is 13.1 Å². The van der Waals surface area contributed by atoms with E-state index in [1.165, 1.54) is 5.56 Å². The summed E-state index contributed by atoms with van der Waals surface area (Å²) in [6.45, 7) is 4.79. The molecule has 0 bridgehead atoms. The highest BCUT2D eigenvalue weighted by atomic mass is 15.4. The van der Waals surface area contributed by atoms with Crippen molar-refractivity contribution in [1.82, 2.24) is 20.1 Å². The van der Waals surface area contributed by atoms with Gasteiger partial charge in [-0.15, -0.1) is 0 Å². The maximum absolute atomic E-state index is 4.54. The van der Waals surface area contributed by atoms with Crippen LogP contribution in [0.1, 0.15) is 11.4 Å². The van der Waals surface area contributed by atoms with Gasteiger partial charge in [0.15, 0.2) is 5.82 Å². The number of aromatic nitrogens is 3. The molecule has 1 aromatic carbocycles. The number of rotatable bonds is 1. The topological polar surface area (TPSA) is 42.7 Å². The third-order valence-electron chi connectivity index (χ3n) is 2.84. The Labute approximate surface area is 94.3 Å². The van der Waals surface area contributed by atoms with E-state index in [4.69, 9.17) is 0 Å². The fourth-order valence-electron chi connectivity index (χ4n) is 1.89. The Balaban J connectivity index is 2.00. The third kappa shape index (κ3) is 1.61. The SMILES string of the molecule is Cc1ccc(-c2nc3n(n2)CCNC3)cc1. The van der Waals surface area contributed by atoms with E-state index in [9.17, 15) is 0 Å². The van der Waals surface area contributed by atoms with E-state index in [2.05, 4.69) is 46.6 Å². The number of hydrogen-bond donors (Lipinski definition) is 1. The van der Waals surface area contributed by atoms with Gasteiger partial charge in [0, 0.05) is 12.1 Å². The second-order valence-electron chi connectivity index (χ2n) is 4.12. The molecule has 1 N–H and O–H groups in total. The summed E-state index contributed by atoms with van der Waals surface area (Å²) >= 11 is 0. The van der Waals surface area contributed by atoms with E-state index in [0.29, 0.717) is 0 Å². The summed E-state index contributed by atoms with van der Waals surface area (Å²) in [6, 6.07) is 8.33. The molecular weight excluding hydrogens is 200 g/mol. The van der Waals surface area contributed by atoms with E-state index in [-0.39, 0.29) is 0 Å². The van der Waals surface area contributed by atoms with Crippen LogP contribution >= 0.6 is 0 Å². The maximum Gasteiger partial charge on any atom is 0.181 e. The van der Waals surface area contributed by atoms with Crippen molar-refractivity contribution in [1.29, 1.82) is 0 Å². The first-order valence-electron chi connectivity index (χ1n) is 5.54. The second kappa shape index (κ2) is 3.72. The van der Waals surface area contributed by atoms with Crippen LogP contribution in [0.5, 0.6) is 0 Å². The molecule has 0 aliphatic carbocycles. The standard InChI is InChI=1S/C12H14N4/c1-9-2-4-10(5-3-9)12-14-11-8-13-6-7-16(11)15-12/h2-5,13H,6-8H2,1H3. The van der Waals surface area contributed by atoms with Gasteiger partial charge >= 0.3 is 0 Å². The molecule has 0 saturated heterocycles. The highest BCUT2D eigenvalue weighted by Gasteiger charge is 2.13. The van der Waals surface area contributed by atoms with Crippen LogP contribution in [0.2, 0.25) is 0 Å². The number of benzene rings is 1. The molecule has 0 amide bonds.